The molecule has 104 valence electrons. The number of nitrogen functional groups attached to an aromatic ring is 1. The van der Waals surface area contributed by atoms with Gasteiger partial charge >= 0.3 is 0 Å². The molecular formula is C12H18FN5O. The maximum absolute atomic E-state index is 13.8. The highest BCUT2D eigenvalue weighted by molar-refractivity contribution is 5.78. The van der Waals surface area contributed by atoms with Crippen LogP contribution in [0.15, 0.2) is 6.33 Å². The Bertz CT molecular complexity index is 471. The van der Waals surface area contributed by atoms with Crippen LogP contribution in [0.1, 0.15) is 12.8 Å². The number of anilines is 2. The number of amides is 1. The number of carbonyl (C=O) groups is 1. The second kappa shape index (κ2) is 5.38. The molecule has 0 bridgehead atoms. The van der Waals surface area contributed by atoms with Crippen molar-refractivity contribution < 1.29 is 9.18 Å². The fourth-order valence-corrected chi connectivity index (χ4v) is 2.30. The summed E-state index contributed by atoms with van der Waals surface area (Å²) in [6, 6.07) is 0. The molecule has 0 radical (unpaired) electrons. The van der Waals surface area contributed by atoms with Gasteiger partial charge in [-0.05, 0) is 12.8 Å². The number of nitrogens with two attached hydrogens (primary N) is 1. The zero-order chi connectivity index (χ0) is 14.0. The summed E-state index contributed by atoms with van der Waals surface area (Å²) in [5, 5.41) is 0. The van der Waals surface area contributed by atoms with Gasteiger partial charge in [-0.15, -0.1) is 0 Å². The molecule has 19 heavy (non-hydrogen) atoms. The lowest BCUT2D eigenvalue weighted by Crippen LogP contribution is -2.40. The summed E-state index contributed by atoms with van der Waals surface area (Å²) in [6.45, 7) is 1.19. The molecule has 0 unspecified atom stereocenters. The van der Waals surface area contributed by atoms with E-state index in [0.717, 1.165) is 0 Å². The van der Waals surface area contributed by atoms with Crippen molar-refractivity contribution in [1.82, 2.24) is 14.9 Å². The molecule has 0 saturated carbocycles. The van der Waals surface area contributed by atoms with E-state index in [1.54, 1.807) is 19.0 Å². The van der Waals surface area contributed by atoms with Crippen molar-refractivity contribution in [1.29, 1.82) is 0 Å². The SMILES string of the molecule is CN(C)C(=O)C1CCN(c2ncnc(N)c2F)CC1. The molecule has 0 spiro atoms. The molecule has 0 aliphatic carbocycles. The molecule has 2 rings (SSSR count). The van der Waals surface area contributed by atoms with Crippen LogP contribution in [-0.4, -0.2) is 48.0 Å². The quantitative estimate of drug-likeness (QED) is 0.844. The number of halogens is 1. The Kier molecular flexibility index (Phi) is 3.82. The third kappa shape index (κ3) is 2.74. The first-order valence-corrected chi connectivity index (χ1v) is 6.22. The first-order valence-electron chi connectivity index (χ1n) is 6.22. The Balaban J connectivity index is 2.04. The van der Waals surface area contributed by atoms with E-state index in [1.807, 2.05) is 4.90 Å². The Labute approximate surface area is 111 Å². The minimum atomic E-state index is -0.583. The Hall–Kier alpha value is -1.92. The van der Waals surface area contributed by atoms with Crippen LogP contribution in [0.4, 0.5) is 16.0 Å². The fraction of sp³-hybridized carbons (Fsp3) is 0.583. The zero-order valence-electron chi connectivity index (χ0n) is 11.1. The molecule has 2 N–H and O–H groups in total. The Morgan fingerprint density at radius 1 is 1.42 bits per heavy atom. The van der Waals surface area contributed by atoms with E-state index >= 15 is 0 Å². The number of carbonyl (C=O) groups excluding carboxylic acids is 1. The number of aromatic nitrogens is 2. The van der Waals surface area contributed by atoms with Gasteiger partial charge in [0.05, 0.1) is 0 Å². The normalized spacial score (nSPS) is 16.5. The highest BCUT2D eigenvalue weighted by Crippen LogP contribution is 2.25. The number of nitrogens with zero attached hydrogens (tertiary/aromatic N) is 4. The summed E-state index contributed by atoms with van der Waals surface area (Å²) in [6.07, 6.45) is 2.64. The van der Waals surface area contributed by atoms with Crippen LogP contribution in [0, 0.1) is 11.7 Å². The van der Waals surface area contributed by atoms with E-state index in [-0.39, 0.29) is 23.5 Å². The first-order chi connectivity index (χ1) is 9.00. The largest absolute Gasteiger partial charge is 0.381 e. The van der Waals surface area contributed by atoms with Crippen LogP contribution in [-0.2, 0) is 4.79 Å². The van der Waals surface area contributed by atoms with Crippen molar-refractivity contribution in [2.45, 2.75) is 12.8 Å². The minimum absolute atomic E-state index is 0.00787. The van der Waals surface area contributed by atoms with Crippen LogP contribution in [0.2, 0.25) is 0 Å². The molecule has 6 nitrogen and oxygen atoms in total. The smallest absolute Gasteiger partial charge is 0.225 e. The third-order valence-corrected chi connectivity index (χ3v) is 3.38. The topological polar surface area (TPSA) is 75.4 Å². The Morgan fingerprint density at radius 2 is 2.05 bits per heavy atom. The Morgan fingerprint density at radius 3 is 2.63 bits per heavy atom. The molecule has 0 aromatic carbocycles. The second-order valence-electron chi connectivity index (χ2n) is 4.89. The number of hydrogen-bond acceptors (Lipinski definition) is 5. The van der Waals surface area contributed by atoms with Crippen LogP contribution in [0.25, 0.3) is 0 Å². The van der Waals surface area contributed by atoms with E-state index in [9.17, 15) is 9.18 Å². The lowest BCUT2D eigenvalue weighted by molar-refractivity contribution is -0.133. The van der Waals surface area contributed by atoms with Crippen molar-refractivity contribution in [3.05, 3.63) is 12.1 Å². The summed E-state index contributed by atoms with van der Waals surface area (Å²) in [7, 11) is 3.50. The molecule has 1 aromatic heterocycles. The van der Waals surface area contributed by atoms with Crippen molar-refractivity contribution in [2.24, 2.45) is 5.92 Å². The van der Waals surface area contributed by atoms with Gasteiger partial charge in [0.1, 0.15) is 6.33 Å². The van der Waals surface area contributed by atoms with Gasteiger partial charge in [0.25, 0.3) is 0 Å². The molecule has 7 heteroatoms. The van der Waals surface area contributed by atoms with Gasteiger partial charge in [0, 0.05) is 33.1 Å². The van der Waals surface area contributed by atoms with Gasteiger partial charge in [-0.25, -0.2) is 9.97 Å². The van der Waals surface area contributed by atoms with Crippen LogP contribution in [0.5, 0.6) is 0 Å². The maximum atomic E-state index is 13.8. The first kappa shape index (κ1) is 13.5. The minimum Gasteiger partial charge on any atom is -0.381 e. The lowest BCUT2D eigenvalue weighted by Gasteiger charge is -2.33. The standard InChI is InChI=1S/C12H18FN5O/c1-17(2)12(19)8-3-5-18(6-4-8)11-9(13)10(14)15-7-16-11/h7-8H,3-6H2,1-2H3,(H2,14,15,16). The second-order valence-corrected chi connectivity index (χ2v) is 4.89. The van der Waals surface area contributed by atoms with Crippen LogP contribution < -0.4 is 10.6 Å². The van der Waals surface area contributed by atoms with E-state index in [0.29, 0.717) is 25.9 Å². The molecule has 1 aliphatic rings. The highest BCUT2D eigenvalue weighted by atomic mass is 19.1. The summed E-state index contributed by atoms with van der Waals surface area (Å²) in [5.74, 6) is -0.365. The summed E-state index contributed by atoms with van der Waals surface area (Å²) in [4.78, 5) is 22.8. The van der Waals surface area contributed by atoms with E-state index in [1.165, 1.54) is 6.33 Å². The van der Waals surface area contributed by atoms with E-state index < -0.39 is 5.82 Å². The molecule has 0 atom stereocenters. The molecule has 1 amide bonds. The van der Waals surface area contributed by atoms with Crippen molar-refractivity contribution in [2.75, 3.05) is 37.8 Å². The molecule has 1 fully saturated rings. The van der Waals surface area contributed by atoms with Crippen molar-refractivity contribution in [3.63, 3.8) is 0 Å². The molecule has 1 saturated heterocycles. The molecule has 2 heterocycles. The van der Waals surface area contributed by atoms with Gasteiger partial charge in [0.2, 0.25) is 11.7 Å². The van der Waals surface area contributed by atoms with Crippen molar-refractivity contribution >= 4 is 17.5 Å². The molecular weight excluding hydrogens is 249 g/mol. The average Bonchev–Trinajstić information content (AvgIpc) is 2.41. The monoisotopic (exact) mass is 267 g/mol. The van der Waals surface area contributed by atoms with Gasteiger partial charge in [0.15, 0.2) is 11.6 Å². The van der Waals surface area contributed by atoms with Gasteiger partial charge < -0.3 is 15.5 Å². The molecule has 1 aliphatic heterocycles. The van der Waals surface area contributed by atoms with Gasteiger partial charge in [-0.3, -0.25) is 4.79 Å². The van der Waals surface area contributed by atoms with Gasteiger partial charge in [-0.2, -0.15) is 4.39 Å². The van der Waals surface area contributed by atoms with Gasteiger partial charge in [-0.1, -0.05) is 0 Å². The predicted octanol–water partition coefficient (Wildman–Crippen LogP) is 0.502. The average molecular weight is 267 g/mol. The number of hydrogen-bond donors (Lipinski definition) is 1. The van der Waals surface area contributed by atoms with E-state index in [4.69, 9.17) is 5.73 Å². The number of rotatable bonds is 2. The third-order valence-electron chi connectivity index (χ3n) is 3.38. The predicted molar refractivity (Wildman–Crippen MR) is 70.0 cm³/mol. The summed E-state index contributed by atoms with van der Waals surface area (Å²) < 4.78 is 13.8. The lowest BCUT2D eigenvalue weighted by atomic mass is 9.95. The van der Waals surface area contributed by atoms with Crippen LogP contribution >= 0.6 is 0 Å². The fourth-order valence-electron chi connectivity index (χ4n) is 2.30. The van der Waals surface area contributed by atoms with Crippen molar-refractivity contribution in [3.8, 4) is 0 Å². The summed E-state index contributed by atoms with van der Waals surface area (Å²) in [5.41, 5.74) is 5.43. The maximum Gasteiger partial charge on any atom is 0.225 e. The number of piperidine rings is 1. The van der Waals surface area contributed by atoms with E-state index in [2.05, 4.69) is 9.97 Å². The highest BCUT2D eigenvalue weighted by Gasteiger charge is 2.28. The summed E-state index contributed by atoms with van der Waals surface area (Å²) >= 11 is 0. The molecule has 1 aromatic rings. The van der Waals surface area contributed by atoms with Crippen LogP contribution in [0.3, 0.4) is 0 Å². The zero-order valence-corrected chi connectivity index (χ0v) is 11.1.